The lowest BCUT2D eigenvalue weighted by Crippen LogP contribution is -2.37. The van der Waals surface area contributed by atoms with Crippen LogP contribution in [0.25, 0.3) is 0 Å². The van der Waals surface area contributed by atoms with E-state index in [1.165, 1.54) is 12.0 Å². The first-order valence-corrected chi connectivity index (χ1v) is 8.47. The van der Waals surface area contributed by atoms with E-state index >= 15 is 0 Å². The number of aryl methyl sites for hydroxylation is 2. The lowest BCUT2D eigenvalue weighted by molar-refractivity contribution is -0.147. The van der Waals surface area contributed by atoms with Crippen LogP contribution >= 0.6 is 0 Å². The molecule has 0 saturated carbocycles. The minimum absolute atomic E-state index is 0.0767. The predicted octanol–water partition coefficient (Wildman–Crippen LogP) is 3.06. The Morgan fingerprint density at radius 1 is 1.00 bits per heavy atom. The highest BCUT2D eigenvalue weighted by Gasteiger charge is 2.19. The summed E-state index contributed by atoms with van der Waals surface area (Å²) in [5.41, 5.74) is 3.94. The molecule has 0 atom stereocenters. The minimum atomic E-state index is -0.437. The molecule has 0 heterocycles. The number of rotatable bonds is 7. The summed E-state index contributed by atoms with van der Waals surface area (Å²) in [6.07, 6.45) is 0.194. The third-order valence-corrected chi connectivity index (χ3v) is 4.35. The number of methoxy groups -OCH3 is 2. The Labute approximate surface area is 154 Å². The highest BCUT2D eigenvalue weighted by Crippen LogP contribution is 2.20. The monoisotopic (exact) mass is 355 g/mol. The Balaban J connectivity index is 2.19. The molecule has 5 nitrogen and oxygen atoms in total. The van der Waals surface area contributed by atoms with Gasteiger partial charge in [0, 0.05) is 6.54 Å². The van der Waals surface area contributed by atoms with Crippen molar-refractivity contribution in [2.24, 2.45) is 0 Å². The maximum Gasteiger partial charge on any atom is 0.325 e. The maximum atomic E-state index is 12.8. The van der Waals surface area contributed by atoms with E-state index in [2.05, 4.69) is 0 Å². The molecule has 0 aliphatic heterocycles. The normalized spacial score (nSPS) is 10.3. The molecular formula is C21H25NO4. The highest BCUT2D eigenvalue weighted by atomic mass is 16.5. The fraction of sp³-hybridized carbons (Fsp3) is 0.333. The first-order chi connectivity index (χ1) is 12.4. The molecule has 0 fully saturated rings. The summed E-state index contributed by atoms with van der Waals surface area (Å²) in [4.78, 5) is 26.1. The predicted molar refractivity (Wildman–Crippen MR) is 100 cm³/mol. The highest BCUT2D eigenvalue weighted by molar-refractivity contribution is 5.83. The summed E-state index contributed by atoms with van der Waals surface area (Å²) < 4.78 is 10.1. The minimum Gasteiger partial charge on any atom is -0.496 e. The number of carbonyl (C=O) groups excluding carboxylic acids is 2. The Kier molecular flexibility index (Phi) is 6.78. The van der Waals surface area contributed by atoms with Crippen molar-refractivity contribution in [1.29, 1.82) is 0 Å². The number of amides is 1. The molecule has 0 aliphatic rings. The molecule has 2 aromatic carbocycles. The van der Waals surface area contributed by atoms with Crippen molar-refractivity contribution in [3.63, 3.8) is 0 Å². The summed E-state index contributed by atoms with van der Waals surface area (Å²) in [5.74, 6) is 0.173. The molecule has 138 valence electrons. The van der Waals surface area contributed by atoms with Crippen LogP contribution in [0.5, 0.6) is 5.75 Å². The quantitative estimate of drug-likeness (QED) is 0.717. The first-order valence-electron chi connectivity index (χ1n) is 8.47. The number of ether oxygens (including phenoxy) is 2. The van der Waals surface area contributed by atoms with Gasteiger partial charge in [-0.25, -0.2) is 0 Å². The lowest BCUT2D eigenvalue weighted by atomic mass is 10.1. The van der Waals surface area contributed by atoms with Gasteiger partial charge < -0.3 is 14.4 Å². The van der Waals surface area contributed by atoms with Crippen LogP contribution < -0.4 is 4.74 Å². The smallest absolute Gasteiger partial charge is 0.325 e. The molecule has 0 aliphatic carbocycles. The third kappa shape index (κ3) is 5.09. The Bertz CT molecular complexity index is 785. The van der Waals surface area contributed by atoms with Gasteiger partial charge in [-0.1, -0.05) is 36.4 Å². The number of hydrogen-bond acceptors (Lipinski definition) is 4. The van der Waals surface area contributed by atoms with Crippen LogP contribution in [0.4, 0.5) is 0 Å². The van der Waals surface area contributed by atoms with E-state index in [1.807, 2.05) is 56.3 Å². The number of hydrogen-bond donors (Lipinski definition) is 0. The lowest BCUT2D eigenvalue weighted by Gasteiger charge is -2.23. The molecule has 0 aromatic heterocycles. The largest absolute Gasteiger partial charge is 0.496 e. The molecule has 0 bridgehead atoms. The van der Waals surface area contributed by atoms with Crippen LogP contribution in [0.15, 0.2) is 42.5 Å². The van der Waals surface area contributed by atoms with Crippen LogP contribution in [-0.2, 0) is 27.3 Å². The van der Waals surface area contributed by atoms with Gasteiger partial charge >= 0.3 is 5.97 Å². The average Bonchev–Trinajstić information content (AvgIpc) is 2.64. The molecule has 0 N–H and O–H groups in total. The molecule has 0 spiro atoms. The van der Waals surface area contributed by atoms with Crippen molar-refractivity contribution in [2.75, 3.05) is 20.8 Å². The topological polar surface area (TPSA) is 55.8 Å². The van der Waals surface area contributed by atoms with Crippen LogP contribution in [0.2, 0.25) is 0 Å². The zero-order valence-corrected chi connectivity index (χ0v) is 15.7. The van der Waals surface area contributed by atoms with E-state index in [1.54, 1.807) is 7.11 Å². The van der Waals surface area contributed by atoms with Crippen LogP contribution in [-0.4, -0.2) is 37.5 Å². The van der Waals surface area contributed by atoms with Crippen LogP contribution in [0.1, 0.15) is 22.3 Å². The maximum absolute atomic E-state index is 12.8. The summed E-state index contributed by atoms with van der Waals surface area (Å²) in [7, 11) is 2.93. The van der Waals surface area contributed by atoms with E-state index in [-0.39, 0.29) is 18.9 Å². The number of esters is 1. The Hall–Kier alpha value is -2.82. The van der Waals surface area contributed by atoms with Crippen molar-refractivity contribution in [1.82, 2.24) is 4.90 Å². The van der Waals surface area contributed by atoms with Gasteiger partial charge in [0.25, 0.3) is 0 Å². The molecule has 0 radical (unpaired) electrons. The van der Waals surface area contributed by atoms with Crippen LogP contribution in [0, 0.1) is 13.8 Å². The summed E-state index contributed by atoms with van der Waals surface area (Å²) in [6, 6.07) is 13.5. The molecule has 5 heteroatoms. The van der Waals surface area contributed by atoms with Crippen molar-refractivity contribution in [3.05, 3.63) is 64.7 Å². The zero-order chi connectivity index (χ0) is 19.1. The van der Waals surface area contributed by atoms with E-state index in [9.17, 15) is 9.59 Å². The number of benzene rings is 2. The molecule has 2 rings (SSSR count). The Morgan fingerprint density at radius 3 is 2.38 bits per heavy atom. The van der Waals surface area contributed by atoms with Crippen LogP contribution in [0.3, 0.4) is 0 Å². The van der Waals surface area contributed by atoms with E-state index < -0.39 is 5.97 Å². The van der Waals surface area contributed by atoms with Gasteiger partial charge in [-0.05, 0) is 42.2 Å². The number of nitrogens with zero attached hydrogens (tertiary/aromatic N) is 1. The fourth-order valence-corrected chi connectivity index (χ4v) is 2.71. The van der Waals surface area contributed by atoms with Crippen molar-refractivity contribution >= 4 is 11.9 Å². The van der Waals surface area contributed by atoms with E-state index in [0.29, 0.717) is 6.54 Å². The van der Waals surface area contributed by atoms with E-state index in [0.717, 1.165) is 28.0 Å². The Morgan fingerprint density at radius 2 is 1.73 bits per heavy atom. The van der Waals surface area contributed by atoms with Gasteiger partial charge in [0.15, 0.2) is 0 Å². The van der Waals surface area contributed by atoms with Gasteiger partial charge in [-0.2, -0.15) is 0 Å². The summed E-state index contributed by atoms with van der Waals surface area (Å²) >= 11 is 0. The van der Waals surface area contributed by atoms with Crippen molar-refractivity contribution in [2.45, 2.75) is 26.8 Å². The zero-order valence-electron chi connectivity index (χ0n) is 15.7. The molecule has 2 aromatic rings. The third-order valence-electron chi connectivity index (χ3n) is 4.35. The second kappa shape index (κ2) is 9.04. The van der Waals surface area contributed by atoms with Crippen molar-refractivity contribution < 1.29 is 19.1 Å². The first kappa shape index (κ1) is 19.5. The fourth-order valence-electron chi connectivity index (χ4n) is 2.71. The van der Waals surface area contributed by atoms with Gasteiger partial charge in [-0.15, -0.1) is 0 Å². The van der Waals surface area contributed by atoms with Crippen molar-refractivity contribution in [3.8, 4) is 5.75 Å². The second-order valence-corrected chi connectivity index (χ2v) is 6.23. The SMILES string of the molecule is COC(=O)CN(Cc1ccccc1C)C(=O)Cc1ccc(C)c(OC)c1. The second-order valence-electron chi connectivity index (χ2n) is 6.23. The molecule has 0 unspecified atom stereocenters. The van der Waals surface area contributed by atoms with Gasteiger partial charge in [0.2, 0.25) is 5.91 Å². The summed E-state index contributed by atoms with van der Waals surface area (Å²) in [5, 5.41) is 0. The van der Waals surface area contributed by atoms with Gasteiger partial charge in [-0.3, -0.25) is 9.59 Å². The molecule has 26 heavy (non-hydrogen) atoms. The summed E-state index contributed by atoms with van der Waals surface area (Å²) in [6.45, 7) is 4.23. The molecular weight excluding hydrogens is 330 g/mol. The number of carbonyl (C=O) groups is 2. The van der Waals surface area contributed by atoms with E-state index in [4.69, 9.17) is 9.47 Å². The van der Waals surface area contributed by atoms with Gasteiger partial charge in [0.1, 0.15) is 12.3 Å². The average molecular weight is 355 g/mol. The standard InChI is InChI=1S/C21H25NO4/c1-15-7-5-6-8-18(15)13-22(14-21(24)26-4)20(23)12-17-10-9-16(2)19(11-17)25-3/h5-11H,12-14H2,1-4H3. The van der Waals surface area contributed by atoms with Gasteiger partial charge in [0.05, 0.1) is 20.6 Å². The molecule has 1 amide bonds. The molecule has 0 saturated heterocycles.